The summed E-state index contributed by atoms with van der Waals surface area (Å²) in [5.41, 5.74) is -0.832. The molecule has 1 aromatic rings. The summed E-state index contributed by atoms with van der Waals surface area (Å²) in [6, 6.07) is 3.48. The maximum atomic E-state index is 12.0. The largest absolute Gasteiger partial charge is 1.00 e. The zero-order valence-electron chi connectivity index (χ0n) is 8.21. The summed E-state index contributed by atoms with van der Waals surface area (Å²) >= 11 is -2.23. The summed E-state index contributed by atoms with van der Waals surface area (Å²) in [7, 11) is 0. The summed E-state index contributed by atoms with van der Waals surface area (Å²) in [5.74, 6) is 0. The van der Waals surface area contributed by atoms with E-state index < -0.39 is 22.8 Å². The van der Waals surface area contributed by atoms with Gasteiger partial charge in [0.15, 0.2) is 11.1 Å². The van der Waals surface area contributed by atoms with Crippen molar-refractivity contribution in [1.82, 2.24) is 0 Å². The average Bonchev–Trinajstić information content (AvgIpc) is 2.03. The van der Waals surface area contributed by atoms with Crippen LogP contribution in [0.25, 0.3) is 0 Å². The van der Waals surface area contributed by atoms with Crippen LogP contribution < -0.4 is 29.6 Å². The molecule has 1 N–H and O–H groups in total. The molecule has 2 nitrogen and oxygen atoms in total. The molecule has 0 amide bonds. The van der Waals surface area contributed by atoms with Gasteiger partial charge in [-0.3, -0.25) is 0 Å². The van der Waals surface area contributed by atoms with Gasteiger partial charge in [0, 0.05) is 0 Å². The van der Waals surface area contributed by atoms with Crippen molar-refractivity contribution < 1.29 is 52.9 Å². The SMILES string of the molecule is O=S(O)c1ccc(C(F)(F)F)cc1.[H-].[Na+]. The smallest absolute Gasteiger partial charge is 1.00 e. The molecular weight excluding hydrogens is 228 g/mol. The third kappa shape index (κ3) is 3.70. The maximum absolute atomic E-state index is 12.0. The van der Waals surface area contributed by atoms with Crippen LogP contribution in [0.2, 0.25) is 0 Å². The third-order valence-corrected chi connectivity index (χ3v) is 2.06. The van der Waals surface area contributed by atoms with Gasteiger partial charge < -0.3 is 5.98 Å². The summed E-state index contributed by atoms with van der Waals surface area (Å²) in [6.45, 7) is 0. The van der Waals surface area contributed by atoms with Crippen LogP contribution in [0.15, 0.2) is 29.2 Å². The van der Waals surface area contributed by atoms with Crippen LogP contribution in [0.4, 0.5) is 13.2 Å². The van der Waals surface area contributed by atoms with Gasteiger partial charge in [0.1, 0.15) is 0 Å². The van der Waals surface area contributed by atoms with Gasteiger partial charge in [0.05, 0.1) is 10.5 Å². The van der Waals surface area contributed by atoms with Crippen molar-refractivity contribution in [3.05, 3.63) is 29.8 Å². The Morgan fingerprint density at radius 3 is 1.93 bits per heavy atom. The molecule has 0 heterocycles. The minimum Gasteiger partial charge on any atom is -1.00 e. The quantitative estimate of drug-likeness (QED) is 0.520. The summed E-state index contributed by atoms with van der Waals surface area (Å²) in [6.07, 6.45) is -4.41. The molecule has 7 heteroatoms. The second-order valence-corrected chi connectivity index (χ2v) is 3.24. The molecule has 1 aromatic carbocycles. The van der Waals surface area contributed by atoms with E-state index >= 15 is 0 Å². The molecule has 14 heavy (non-hydrogen) atoms. The van der Waals surface area contributed by atoms with Crippen molar-refractivity contribution in [3.8, 4) is 0 Å². The Bertz CT molecular complexity index is 328. The summed E-state index contributed by atoms with van der Waals surface area (Å²) < 4.78 is 54.8. The first-order valence-corrected chi connectivity index (χ1v) is 4.30. The number of hydrogen-bond donors (Lipinski definition) is 1. The van der Waals surface area contributed by atoms with Crippen molar-refractivity contribution in [2.24, 2.45) is 0 Å². The van der Waals surface area contributed by atoms with Gasteiger partial charge >= 0.3 is 35.7 Å². The second-order valence-electron chi connectivity index (χ2n) is 2.27. The summed E-state index contributed by atoms with van der Waals surface area (Å²) in [4.78, 5) is -0.0481. The van der Waals surface area contributed by atoms with E-state index in [0.717, 1.165) is 24.3 Å². The Morgan fingerprint density at radius 2 is 1.64 bits per heavy atom. The van der Waals surface area contributed by atoms with Crippen LogP contribution in [-0.4, -0.2) is 8.76 Å². The zero-order chi connectivity index (χ0) is 10.1. The van der Waals surface area contributed by atoms with Crippen molar-refractivity contribution in [1.29, 1.82) is 0 Å². The van der Waals surface area contributed by atoms with E-state index in [0.29, 0.717) is 0 Å². The van der Waals surface area contributed by atoms with Crippen LogP contribution >= 0.6 is 0 Å². The van der Waals surface area contributed by atoms with Gasteiger partial charge in [-0.2, -0.15) is 13.2 Å². The molecule has 0 bridgehead atoms. The standard InChI is InChI=1S/C7H5F3O2S.Na.H/c8-7(9,10)5-1-3-6(4-2-5)13(11)12;;/h1-4H,(H,11,12);;/q;+1;-1. The van der Waals surface area contributed by atoms with Gasteiger partial charge in [-0.05, 0) is 24.3 Å². The zero-order valence-corrected chi connectivity index (χ0v) is 10.0. The molecule has 0 saturated heterocycles. The fourth-order valence-corrected chi connectivity index (χ4v) is 1.13. The predicted octanol–water partition coefficient (Wildman–Crippen LogP) is -0.597. The van der Waals surface area contributed by atoms with E-state index in [1.165, 1.54) is 0 Å². The first-order chi connectivity index (χ1) is 5.91. The minimum atomic E-state index is -4.41. The number of alkyl halides is 3. The van der Waals surface area contributed by atoms with Crippen LogP contribution in [0.1, 0.15) is 6.99 Å². The monoisotopic (exact) mass is 234 g/mol. The van der Waals surface area contributed by atoms with Gasteiger partial charge in [-0.15, -0.1) is 0 Å². The number of halogens is 3. The van der Waals surface area contributed by atoms with Crippen molar-refractivity contribution in [3.63, 3.8) is 0 Å². The summed E-state index contributed by atoms with van der Waals surface area (Å²) in [5, 5.41) is 0. The number of hydrogen-bond acceptors (Lipinski definition) is 1. The van der Waals surface area contributed by atoms with Gasteiger partial charge in [-0.25, -0.2) is 4.21 Å². The topological polar surface area (TPSA) is 37.3 Å². The van der Waals surface area contributed by atoms with E-state index in [-0.39, 0.29) is 35.9 Å². The van der Waals surface area contributed by atoms with Crippen molar-refractivity contribution in [2.75, 3.05) is 0 Å². The van der Waals surface area contributed by atoms with E-state index in [2.05, 4.69) is 0 Å². The molecule has 0 radical (unpaired) electrons. The van der Waals surface area contributed by atoms with Gasteiger partial charge in [0.2, 0.25) is 0 Å². The molecule has 0 spiro atoms. The number of rotatable bonds is 1. The van der Waals surface area contributed by atoms with Gasteiger partial charge in [-0.1, -0.05) is 0 Å². The van der Waals surface area contributed by atoms with Crippen LogP contribution in [-0.2, 0) is 17.3 Å². The molecule has 0 aliphatic heterocycles. The third-order valence-electron chi connectivity index (χ3n) is 1.38. The first-order valence-electron chi connectivity index (χ1n) is 3.19. The first kappa shape index (κ1) is 14.1. The Labute approximate surface area is 105 Å². The Balaban J connectivity index is 0. The molecular formula is C7H6F3NaO2S. The fourth-order valence-electron chi connectivity index (χ4n) is 0.760. The molecule has 0 fully saturated rings. The van der Waals surface area contributed by atoms with E-state index in [9.17, 15) is 17.4 Å². The molecule has 74 valence electrons. The van der Waals surface area contributed by atoms with E-state index in [1.807, 2.05) is 0 Å². The van der Waals surface area contributed by atoms with E-state index in [1.54, 1.807) is 0 Å². The Kier molecular flexibility index (Phi) is 5.32. The van der Waals surface area contributed by atoms with Gasteiger partial charge in [0.25, 0.3) is 0 Å². The van der Waals surface area contributed by atoms with Crippen LogP contribution in [0.3, 0.4) is 0 Å². The number of benzene rings is 1. The molecule has 1 unspecified atom stereocenters. The molecule has 0 aliphatic rings. The second kappa shape index (κ2) is 5.27. The molecule has 1 rings (SSSR count). The average molecular weight is 234 g/mol. The van der Waals surface area contributed by atoms with Crippen molar-refractivity contribution in [2.45, 2.75) is 11.1 Å². The molecule has 1 atom stereocenters. The van der Waals surface area contributed by atoms with E-state index in [4.69, 9.17) is 4.55 Å². The van der Waals surface area contributed by atoms with Crippen LogP contribution in [0.5, 0.6) is 0 Å². The van der Waals surface area contributed by atoms with Crippen molar-refractivity contribution >= 4 is 11.1 Å². The Morgan fingerprint density at radius 1 is 1.21 bits per heavy atom. The minimum absolute atomic E-state index is 0. The fraction of sp³-hybridized carbons (Fsp3) is 0.143. The molecule has 0 aliphatic carbocycles. The predicted molar refractivity (Wildman–Crippen MR) is 41.6 cm³/mol. The Hall–Kier alpha value is 0.120. The molecule has 0 aromatic heterocycles. The maximum Gasteiger partial charge on any atom is 1.00 e. The molecule has 0 saturated carbocycles. The van der Waals surface area contributed by atoms with Crippen LogP contribution in [0, 0.1) is 0 Å². The normalized spacial score (nSPS) is 13.1.